The van der Waals surface area contributed by atoms with E-state index in [9.17, 15) is 4.79 Å². The predicted molar refractivity (Wildman–Crippen MR) is 140 cm³/mol. The third-order valence-electron chi connectivity index (χ3n) is 7.36. The van der Waals surface area contributed by atoms with E-state index in [1.165, 1.54) is 0 Å². The lowest BCUT2D eigenvalue weighted by molar-refractivity contribution is 0.0604. The van der Waals surface area contributed by atoms with E-state index in [4.69, 9.17) is 27.4 Å². The van der Waals surface area contributed by atoms with Gasteiger partial charge in [0.1, 0.15) is 5.82 Å². The number of rotatable bonds is 3. The number of piperidine rings is 1. The van der Waals surface area contributed by atoms with E-state index in [0.717, 1.165) is 105 Å². The minimum Gasteiger partial charge on any atom is -0.360 e. The summed E-state index contributed by atoms with van der Waals surface area (Å²) in [6, 6.07) is 9.94. The molecular formula is C27H35ClN6O. The summed E-state index contributed by atoms with van der Waals surface area (Å²) in [6.45, 7) is 2.31. The fourth-order valence-electron chi connectivity index (χ4n) is 5.43. The van der Waals surface area contributed by atoms with E-state index in [2.05, 4.69) is 24.1 Å². The summed E-state index contributed by atoms with van der Waals surface area (Å²) < 4.78 is 1.96. The number of hydrogen-bond acceptors (Lipinski definition) is 5. The van der Waals surface area contributed by atoms with E-state index >= 15 is 0 Å². The van der Waals surface area contributed by atoms with Crippen LogP contribution in [0.3, 0.4) is 0 Å². The molecule has 0 saturated carbocycles. The largest absolute Gasteiger partial charge is 0.360 e. The zero-order valence-corrected chi connectivity index (χ0v) is 21.3. The Labute approximate surface area is 212 Å². The highest BCUT2D eigenvalue weighted by molar-refractivity contribution is 6.31. The summed E-state index contributed by atoms with van der Waals surface area (Å²) in [5.41, 5.74) is 10.4. The van der Waals surface area contributed by atoms with Crippen LogP contribution in [0.2, 0.25) is 5.02 Å². The molecule has 2 aliphatic heterocycles. The molecule has 1 atom stereocenters. The van der Waals surface area contributed by atoms with Crippen LogP contribution < -0.4 is 10.6 Å². The molecule has 8 heteroatoms. The molecular weight excluding hydrogens is 460 g/mol. The molecule has 0 aliphatic carbocycles. The van der Waals surface area contributed by atoms with Gasteiger partial charge in [0.25, 0.3) is 5.91 Å². The number of benzene rings is 1. The predicted octanol–water partition coefficient (Wildman–Crippen LogP) is 4.80. The van der Waals surface area contributed by atoms with Crippen LogP contribution in [0.15, 0.2) is 30.3 Å². The summed E-state index contributed by atoms with van der Waals surface area (Å²) in [7, 11) is 2.13. The zero-order chi connectivity index (χ0) is 24.4. The average molecular weight is 495 g/mol. The molecule has 35 heavy (non-hydrogen) atoms. The summed E-state index contributed by atoms with van der Waals surface area (Å²) in [5.74, 6) is 1.11. The maximum Gasteiger partial charge on any atom is 0.254 e. The van der Waals surface area contributed by atoms with Crippen LogP contribution in [0, 0.1) is 0 Å². The van der Waals surface area contributed by atoms with Gasteiger partial charge in [-0.1, -0.05) is 24.1 Å². The minimum atomic E-state index is -0.0689. The first-order chi connectivity index (χ1) is 17.0. The van der Waals surface area contributed by atoms with E-state index in [1.807, 2.05) is 27.6 Å². The molecule has 1 unspecified atom stereocenters. The first kappa shape index (κ1) is 24.1. The van der Waals surface area contributed by atoms with E-state index < -0.39 is 0 Å². The van der Waals surface area contributed by atoms with Gasteiger partial charge >= 0.3 is 0 Å². The zero-order valence-electron chi connectivity index (χ0n) is 20.5. The Bertz CT molecular complexity index is 1210. The molecule has 0 spiro atoms. The first-order valence-corrected chi connectivity index (χ1v) is 13.3. The van der Waals surface area contributed by atoms with Crippen molar-refractivity contribution in [3.8, 4) is 0 Å². The Morgan fingerprint density at radius 3 is 2.80 bits per heavy atom. The lowest BCUT2D eigenvalue weighted by atomic mass is 9.95. The standard InChI is InChI=1S/C27H35ClN6O/c1-32-14-5-2-3-8-19-11-12-20(28)16-22(19)27(35)33-15-6-4-10-24(33)23-18-25-30-21(9-7-13-29)17-26(32)34(25)31-23/h11-12,16-18,24H,2-10,13-15,29H2,1H3. The van der Waals surface area contributed by atoms with Crippen LogP contribution in [-0.4, -0.2) is 52.1 Å². The molecule has 1 saturated heterocycles. The summed E-state index contributed by atoms with van der Waals surface area (Å²) in [5, 5.41) is 5.64. The molecule has 3 aromatic rings. The van der Waals surface area contributed by atoms with Crippen LogP contribution in [0.1, 0.15) is 78.3 Å². The van der Waals surface area contributed by atoms with Crippen LogP contribution >= 0.6 is 11.6 Å². The molecule has 5 rings (SSSR count). The molecule has 2 aromatic heterocycles. The fourth-order valence-corrected chi connectivity index (χ4v) is 5.60. The molecule has 2 aliphatic rings. The number of aryl methyl sites for hydroxylation is 2. The second-order valence-corrected chi connectivity index (χ2v) is 10.3. The highest BCUT2D eigenvalue weighted by atomic mass is 35.5. The second kappa shape index (κ2) is 10.5. The molecule has 2 N–H and O–H groups in total. The Kier molecular flexibility index (Phi) is 7.25. The first-order valence-electron chi connectivity index (χ1n) is 13.0. The third kappa shape index (κ3) is 5.02. The van der Waals surface area contributed by atoms with Gasteiger partial charge in [-0.05, 0) is 75.6 Å². The molecule has 1 aromatic carbocycles. The van der Waals surface area contributed by atoms with Crippen molar-refractivity contribution < 1.29 is 4.79 Å². The Morgan fingerprint density at radius 1 is 1.09 bits per heavy atom. The average Bonchev–Trinajstić information content (AvgIpc) is 3.30. The van der Waals surface area contributed by atoms with Gasteiger partial charge in [0.05, 0.1) is 11.7 Å². The van der Waals surface area contributed by atoms with Gasteiger partial charge in [0, 0.05) is 48.5 Å². The van der Waals surface area contributed by atoms with Crippen molar-refractivity contribution in [1.29, 1.82) is 0 Å². The quantitative estimate of drug-likeness (QED) is 0.565. The van der Waals surface area contributed by atoms with Crippen LogP contribution in [0.5, 0.6) is 0 Å². The molecule has 1 fully saturated rings. The number of nitrogens with two attached hydrogens (primary N) is 1. The topological polar surface area (TPSA) is 79.8 Å². The molecule has 2 bridgehead atoms. The molecule has 0 radical (unpaired) electrons. The fraction of sp³-hybridized carbons (Fsp3) is 0.519. The van der Waals surface area contributed by atoms with Gasteiger partial charge in [-0.25, -0.2) is 4.98 Å². The van der Waals surface area contributed by atoms with Gasteiger partial charge in [-0.2, -0.15) is 9.61 Å². The van der Waals surface area contributed by atoms with Crippen molar-refractivity contribution in [2.45, 2.75) is 63.8 Å². The van der Waals surface area contributed by atoms with Crippen molar-refractivity contribution in [2.24, 2.45) is 5.73 Å². The number of carbonyl (C=O) groups excluding carboxylic acids is 1. The molecule has 1 amide bonds. The lowest BCUT2D eigenvalue weighted by Gasteiger charge is -2.35. The SMILES string of the molecule is CN1CCCCCc2ccc(Cl)cc2C(=O)N2CCCCC2c2cc3nc(CCCN)cc1n3n2. The van der Waals surface area contributed by atoms with Crippen molar-refractivity contribution in [2.75, 3.05) is 31.6 Å². The highest BCUT2D eigenvalue weighted by Crippen LogP contribution is 2.34. The number of fused-ring (bicyclic) bond motifs is 4. The maximum atomic E-state index is 13.9. The van der Waals surface area contributed by atoms with Gasteiger partial charge < -0.3 is 15.5 Å². The smallest absolute Gasteiger partial charge is 0.254 e. The summed E-state index contributed by atoms with van der Waals surface area (Å²) in [4.78, 5) is 23.1. The van der Waals surface area contributed by atoms with Gasteiger partial charge in [-0.3, -0.25) is 4.79 Å². The minimum absolute atomic E-state index is 0.0630. The van der Waals surface area contributed by atoms with Gasteiger partial charge in [0.15, 0.2) is 5.65 Å². The number of hydrogen-bond donors (Lipinski definition) is 1. The van der Waals surface area contributed by atoms with Crippen LogP contribution in [-0.2, 0) is 12.8 Å². The Morgan fingerprint density at radius 2 is 1.94 bits per heavy atom. The Hall–Kier alpha value is -2.64. The number of amides is 1. The number of anilines is 1. The second-order valence-electron chi connectivity index (χ2n) is 9.88. The third-order valence-corrected chi connectivity index (χ3v) is 7.59. The number of nitrogens with zero attached hydrogens (tertiary/aromatic N) is 5. The van der Waals surface area contributed by atoms with Gasteiger partial charge in [0.2, 0.25) is 0 Å². The molecule has 186 valence electrons. The lowest BCUT2D eigenvalue weighted by Crippen LogP contribution is -2.39. The van der Waals surface area contributed by atoms with Crippen LogP contribution in [0.25, 0.3) is 5.65 Å². The highest BCUT2D eigenvalue weighted by Gasteiger charge is 2.32. The van der Waals surface area contributed by atoms with E-state index in [0.29, 0.717) is 11.6 Å². The summed E-state index contributed by atoms with van der Waals surface area (Å²) >= 11 is 6.36. The number of carbonyl (C=O) groups is 1. The van der Waals surface area contributed by atoms with Crippen molar-refractivity contribution in [3.05, 3.63) is 57.9 Å². The van der Waals surface area contributed by atoms with Gasteiger partial charge in [-0.15, -0.1) is 0 Å². The van der Waals surface area contributed by atoms with Crippen molar-refractivity contribution >= 4 is 29.0 Å². The number of halogens is 1. The van der Waals surface area contributed by atoms with E-state index in [1.54, 1.807) is 0 Å². The number of aromatic nitrogens is 3. The normalized spacial score (nSPS) is 19.4. The van der Waals surface area contributed by atoms with E-state index in [-0.39, 0.29) is 11.9 Å². The van der Waals surface area contributed by atoms with Crippen molar-refractivity contribution in [3.63, 3.8) is 0 Å². The monoisotopic (exact) mass is 494 g/mol. The van der Waals surface area contributed by atoms with Crippen LogP contribution in [0.4, 0.5) is 5.82 Å². The van der Waals surface area contributed by atoms with Crippen molar-refractivity contribution in [1.82, 2.24) is 19.5 Å². The Balaban J connectivity index is 1.61. The molecule has 4 heterocycles. The maximum absolute atomic E-state index is 13.9. The molecule has 7 nitrogen and oxygen atoms in total. The summed E-state index contributed by atoms with van der Waals surface area (Å²) in [6.07, 6.45) is 8.81.